The van der Waals surface area contributed by atoms with Gasteiger partial charge in [-0.2, -0.15) is 5.10 Å². The zero-order valence-electron chi connectivity index (χ0n) is 10.6. The van der Waals surface area contributed by atoms with Crippen LogP contribution in [-0.4, -0.2) is 24.8 Å². The molecule has 4 nitrogen and oxygen atoms in total. The largest absolute Gasteiger partial charge is 0.323 e. The van der Waals surface area contributed by atoms with Crippen LogP contribution in [0, 0.1) is 0 Å². The predicted molar refractivity (Wildman–Crippen MR) is 73.5 cm³/mol. The third-order valence-corrected chi connectivity index (χ3v) is 2.03. The fourth-order valence-corrected chi connectivity index (χ4v) is 1.12. The van der Waals surface area contributed by atoms with Gasteiger partial charge in [-0.25, -0.2) is 0 Å². The van der Waals surface area contributed by atoms with E-state index >= 15 is 0 Å². The molecule has 0 atom stereocenters. The highest BCUT2D eigenvalue weighted by atomic mass is 16.1. The fourth-order valence-electron chi connectivity index (χ4n) is 1.12. The van der Waals surface area contributed by atoms with Crippen molar-refractivity contribution in [3.8, 4) is 0 Å². The van der Waals surface area contributed by atoms with Gasteiger partial charge in [0.2, 0.25) is 0 Å². The normalized spacial score (nSPS) is 13.8. The molecule has 0 aliphatic heterocycles. The molecule has 0 aromatic heterocycles. The number of hydrogen-bond acceptors (Lipinski definition) is 4. The molecule has 0 saturated carbocycles. The maximum Gasteiger partial charge on any atom is 0.171 e. The molecule has 0 amide bonds. The Morgan fingerprint density at radius 2 is 2.12 bits per heavy atom. The first kappa shape index (κ1) is 15.3. The van der Waals surface area contributed by atoms with E-state index in [4.69, 9.17) is 5.84 Å². The standard InChI is InChI=1S/C13H21N3O/c1-3-5-7-12(8-6-4-2)9-15-10-13(11-17)16-14/h5,7-8,10-11H,3-4,6,9,14H2,1-2H3/b7-5+,12-8+,15-10?,16-13+. The molecule has 0 saturated heterocycles. The Labute approximate surface area is 103 Å². The van der Waals surface area contributed by atoms with Crippen molar-refractivity contribution < 1.29 is 4.79 Å². The predicted octanol–water partition coefficient (Wildman–Crippen LogP) is 2.26. The Balaban J connectivity index is 4.44. The van der Waals surface area contributed by atoms with E-state index in [1.807, 2.05) is 0 Å². The highest BCUT2D eigenvalue weighted by Crippen LogP contribution is 2.02. The van der Waals surface area contributed by atoms with E-state index in [1.165, 1.54) is 6.21 Å². The number of carbonyl (C=O) groups is 1. The molecule has 0 unspecified atom stereocenters. The molecule has 4 heteroatoms. The molecule has 0 rings (SSSR count). The van der Waals surface area contributed by atoms with Crippen LogP contribution in [0.5, 0.6) is 0 Å². The number of hydrogen-bond donors (Lipinski definition) is 1. The molecule has 0 bridgehead atoms. The van der Waals surface area contributed by atoms with Crippen molar-refractivity contribution in [1.29, 1.82) is 0 Å². The van der Waals surface area contributed by atoms with Crippen molar-refractivity contribution in [3.05, 3.63) is 23.8 Å². The molecule has 17 heavy (non-hydrogen) atoms. The van der Waals surface area contributed by atoms with Crippen molar-refractivity contribution in [2.75, 3.05) is 6.54 Å². The summed E-state index contributed by atoms with van der Waals surface area (Å²) < 4.78 is 0. The molecule has 0 aromatic carbocycles. The van der Waals surface area contributed by atoms with E-state index in [2.05, 4.69) is 42.2 Å². The minimum absolute atomic E-state index is 0.152. The van der Waals surface area contributed by atoms with Gasteiger partial charge in [0.15, 0.2) is 6.29 Å². The van der Waals surface area contributed by atoms with E-state index in [1.54, 1.807) is 0 Å². The number of aliphatic imine (C=N–C) groups is 1. The maximum absolute atomic E-state index is 10.4. The molecule has 94 valence electrons. The average molecular weight is 235 g/mol. The SMILES string of the molecule is CC/C=C/C(=C\CCC)CN=C/C(C=O)=N\N. The first-order chi connectivity index (χ1) is 8.28. The van der Waals surface area contributed by atoms with Crippen LogP contribution in [0.25, 0.3) is 0 Å². The molecule has 2 N–H and O–H groups in total. The van der Waals surface area contributed by atoms with E-state index in [9.17, 15) is 4.79 Å². The van der Waals surface area contributed by atoms with Crippen LogP contribution in [0.2, 0.25) is 0 Å². The fraction of sp³-hybridized carbons (Fsp3) is 0.462. The Morgan fingerprint density at radius 3 is 2.65 bits per heavy atom. The number of allylic oxidation sites excluding steroid dienone is 2. The van der Waals surface area contributed by atoms with Crippen LogP contribution in [0.15, 0.2) is 33.9 Å². The zero-order valence-corrected chi connectivity index (χ0v) is 10.6. The molecule has 0 heterocycles. The Kier molecular flexibility index (Phi) is 9.71. The summed E-state index contributed by atoms with van der Waals surface area (Å²) in [5.74, 6) is 5.00. The molecule has 0 aromatic rings. The molecular formula is C13H21N3O. The van der Waals surface area contributed by atoms with Gasteiger partial charge in [0.1, 0.15) is 5.71 Å². The summed E-state index contributed by atoms with van der Waals surface area (Å²) in [5.41, 5.74) is 1.30. The van der Waals surface area contributed by atoms with Crippen LogP contribution < -0.4 is 5.84 Å². The summed E-state index contributed by atoms with van der Waals surface area (Å²) in [6.45, 7) is 4.76. The smallest absolute Gasteiger partial charge is 0.171 e. The van der Waals surface area contributed by atoms with Gasteiger partial charge in [-0.3, -0.25) is 9.79 Å². The summed E-state index contributed by atoms with van der Waals surface area (Å²) >= 11 is 0. The van der Waals surface area contributed by atoms with Gasteiger partial charge < -0.3 is 5.84 Å². The van der Waals surface area contributed by atoms with E-state index in [0.29, 0.717) is 12.8 Å². The number of nitrogens with zero attached hydrogens (tertiary/aromatic N) is 2. The van der Waals surface area contributed by atoms with Crippen LogP contribution in [-0.2, 0) is 4.79 Å². The van der Waals surface area contributed by atoms with Gasteiger partial charge in [0, 0.05) is 0 Å². The van der Waals surface area contributed by atoms with Crippen molar-refractivity contribution in [3.63, 3.8) is 0 Å². The molecule has 0 spiro atoms. The van der Waals surface area contributed by atoms with Crippen molar-refractivity contribution >= 4 is 18.2 Å². The van der Waals surface area contributed by atoms with Gasteiger partial charge >= 0.3 is 0 Å². The Bertz CT molecular complexity index is 328. The zero-order chi connectivity index (χ0) is 12.9. The van der Waals surface area contributed by atoms with Crippen LogP contribution in [0.1, 0.15) is 33.1 Å². The lowest BCUT2D eigenvalue weighted by molar-refractivity contribution is -0.102. The number of hydrazone groups is 1. The van der Waals surface area contributed by atoms with E-state index in [-0.39, 0.29) is 5.71 Å². The van der Waals surface area contributed by atoms with Gasteiger partial charge in [-0.05, 0) is 18.4 Å². The quantitative estimate of drug-likeness (QED) is 0.230. The number of rotatable bonds is 8. The molecule has 0 radical (unpaired) electrons. The number of aldehydes is 1. The van der Waals surface area contributed by atoms with Gasteiger partial charge in [0.05, 0.1) is 12.8 Å². The summed E-state index contributed by atoms with van der Waals surface area (Å²) in [6.07, 6.45) is 11.4. The van der Waals surface area contributed by atoms with Crippen LogP contribution in [0.3, 0.4) is 0 Å². The molecular weight excluding hydrogens is 214 g/mol. The highest BCUT2D eigenvalue weighted by Gasteiger charge is 1.92. The second-order valence-electron chi connectivity index (χ2n) is 3.52. The van der Waals surface area contributed by atoms with Gasteiger partial charge in [0.25, 0.3) is 0 Å². The second kappa shape index (κ2) is 10.8. The monoisotopic (exact) mass is 235 g/mol. The number of nitrogens with two attached hydrogens (primary N) is 1. The van der Waals surface area contributed by atoms with Crippen LogP contribution >= 0.6 is 0 Å². The lowest BCUT2D eigenvalue weighted by Gasteiger charge is -1.97. The first-order valence-electron chi connectivity index (χ1n) is 5.86. The van der Waals surface area contributed by atoms with Crippen LogP contribution in [0.4, 0.5) is 0 Å². The molecule has 0 aliphatic carbocycles. The highest BCUT2D eigenvalue weighted by molar-refractivity contribution is 6.54. The van der Waals surface area contributed by atoms with E-state index in [0.717, 1.165) is 24.8 Å². The van der Waals surface area contributed by atoms with Crippen molar-refractivity contribution in [2.45, 2.75) is 33.1 Å². The lowest BCUT2D eigenvalue weighted by atomic mass is 10.1. The maximum atomic E-state index is 10.4. The van der Waals surface area contributed by atoms with E-state index < -0.39 is 0 Å². The second-order valence-corrected chi connectivity index (χ2v) is 3.52. The summed E-state index contributed by atoms with van der Waals surface area (Å²) in [4.78, 5) is 14.6. The minimum Gasteiger partial charge on any atom is -0.323 e. The van der Waals surface area contributed by atoms with Crippen molar-refractivity contribution in [2.24, 2.45) is 15.9 Å². The van der Waals surface area contributed by atoms with Gasteiger partial charge in [-0.15, -0.1) is 0 Å². The van der Waals surface area contributed by atoms with Crippen molar-refractivity contribution in [1.82, 2.24) is 0 Å². The third kappa shape index (κ3) is 8.13. The van der Waals surface area contributed by atoms with Gasteiger partial charge in [-0.1, -0.05) is 38.5 Å². The summed E-state index contributed by atoms with van der Waals surface area (Å²) in [5, 5.41) is 3.29. The summed E-state index contributed by atoms with van der Waals surface area (Å²) in [7, 11) is 0. The Hall–Kier alpha value is -1.71. The molecule has 0 aliphatic rings. The topological polar surface area (TPSA) is 67.8 Å². The minimum atomic E-state index is 0.152. The Morgan fingerprint density at radius 1 is 1.35 bits per heavy atom. The summed E-state index contributed by atoms with van der Waals surface area (Å²) in [6, 6.07) is 0. The number of unbranched alkanes of at least 4 members (excludes halogenated alkanes) is 1. The lowest BCUT2D eigenvalue weighted by Crippen LogP contribution is -2.05. The molecule has 0 fully saturated rings. The first-order valence-corrected chi connectivity index (χ1v) is 5.86. The average Bonchev–Trinajstić information content (AvgIpc) is 2.37. The third-order valence-electron chi connectivity index (χ3n) is 2.03. The number of carbonyl (C=O) groups excluding carboxylic acids is 1.